The lowest BCUT2D eigenvalue weighted by Gasteiger charge is -2.22. The van der Waals surface area contributed by atoms with E-state index < -0.39 is 5.97 Å². The van der Waals surface area contributed by atoms with E-state index in [-0.39, 0.29) is 24.9 Å². The van der Waals surface area contributed by atoms with Crippen molar-refractivity contribution in [3.63, 3.8) is 0 Å². The minimum Gasteiger partial charge on any atom is -0.496 e. The SMILES string of the molecule is COc1cccc2c1c(-c1cccc(CCl)c1)nn2C(CC(C)C)c1ccc(C(=O)NCCC(=O)O)cc1. The zero-order valence-electron chi connectivity index (χ0n) is 21.8. The predicted octanol–water partition coefficient (Wildman–Crippen LogP) is 6.29. The molecule has 4 rings (SSSR count). The van der Waals surface area contributed by atoms with Gasteiger partial charge in [-0.2, -0.15) is 5.10 Å². The lowest BCUT2D eigenvalue weighted by molar-refractivity contribution is -0.136. The lowest BCUT2D eigenvalue weighted by atomic mass is 9.96. The van der Waals surface area contributed by atoms with Crippen LogP contribution in [-0.4, -0.2) is 40.4 Å². The summed E-state index contributed by atoms with van der Waals surface area (Å²) in [7, 11) is 1.66. The van der Waals surface area contributed by atoms with Crippen LogP contribution in [0.1, 0.15) is 54.2 Å². The zero-order chi connectivity index (χ0) is 27.2. The van der Waals surface area contributed by atoms with Gasteiger partial charge in [0.15, 0.2) is 0 Å². The summed E-state index contributed by atoms with van der Waals surface area (Å²) in [6.07, 6.45) is 0.714. The molecule has 0 aliphatic carbocycles. The third-order valence-electron chi connectivity index (χ3n) is 6.44. The number of nitrogens with zero attached hydrogens (tertiary/aromatic N) is 2. The van der Waals surface area contributed by atoms with Gasteiger partial charge in [0.25, 0.3) is 5.91 Å². The van der Waals surface area contributed by atoms with Gasteiger partial charge in [-0.05, 0) is 53.8 Å². The number of amides is 1. The Hall–Kier alpha value is -3.84. The van der Waals surface area contributed by atoms with Crippen LogP contribution in [0.5, 0.6) is 5.75 Å². The fraction of sp³-hybridized carbons (Fsp3) is 0.300. The monoisotopic (exact) mass is 533 g/mol. The maximum atomic E-state index is 12.5. The second kappa shape index (κ2) is 12.1. The molecular formula is C30H32ClN3O4. The van der Waals surface area contributed by atoms with Crippen LogP contribution in [0.4, 0.5) is 0 Å². The number of alkyl halides is 1. The topological polar surface area (TPSA) is 93.5 Å². The summed E-state index contributed by atoms with van der Waals surface area (Å²) in [4.78, 5) is 23.2. The number of aromatic nitrogens is 2. The zero-order valence-corrected chi connectivity index (χ0v) is 22.5. The standard InChI is InChI=1S/C30H32ClN3O4/c1-19(2)16-25(21-10-12-22(13-11-21)30(37)32-15-14-27(35)36)34-24-8-5-9-26(38-3)28(24)29(33-34)23-7-4-6-20(17-23)18-31/h4-13,17,19,25H,14-16,18H2,1-3H3,(H,32,37)(H,35,36). The van der Waals surface area contributed by atoms with Gasteiger partial charge in [0, 0.05) is 23.6 Å². The van der Waals surface area contributed by atoms with Crippen molar-refractivity contribution in [2.45, 2.75) is 38.6 Å². The molecule has 1 aromatic heterocycles. The van der Waals surface area contributed by atoms with Crippen molar-refractivity contribution < 1.29 is 19.4 Å². The van der Waals surface area contributed by atoms with Gasteiger partial charge < -0.3 is 15.2 Å². The molecule has 3 aromatic carbocycles. The average molecular weight is 534 g/mol. The molecule has 7 nitrogen and oxygen atoms in total. The molecule has 0 fully saturated rings. The Kier molecular flexibility index (Phi) is 8.69. The van der Waals surface area contributed by atoms with Gasteiger partial charge in [0.2, 0.25) is 0 Å². The molecule has 198 valence electrons. The molecule has 0 saturated carbocycles. The number of hydrogen-bond donors (Lipinski definition) is 2. The number of hydrogen-bond acceptors (Lipinski definition) is 4. The van der Waals surface area contributed by atoms with E-state index in [9.17, 15) is 9.59 Å². The third kappa shape index (κ3) is 6.00. The van der Waals surface area contributed by atoms with Crippen LogP contribution in [0.2, 0.25) is 0 Å². The number of carboxylic acids is 1. The van der Waals surface area contributed by atoms with E-state index >= 15 is 0 Å². The van der Waals surface area contributed by atoms with Crippen LogP contribution in [0.3, 0.4) is 0 Å². The Bertz CT molecular complexity index is 1430. The van der Waals surface area contributed by atoms with E-state index in [1.165, 1.54) is 0 Å². The summed E-state index contributed by atoms with van der Waals surface area (Å²) in [5.74, 6) is 0.294. The second-order valence-corrected chi connectivity index (χ2v) is 9.92. The quantitative estimate of drug-likeness (QED) is 0.221. The molecule has 2 N–H and O–H groups in total. The van der Waals surface area contributed by atoms with Gasteiger partial charge in [0.05, 0.1) is 30.5 Å². The second-order valence-electron chi connectivity index (χ2n) is 9.65. The Balaban J connectivity index is 1.78. The molecule has 0 aliphatic heterocycles. The van der Waals surface area contributed by atoms with Crippen LogP contribution in [0, 0.1) is 5.92 Å². The van der Waals surface area contributed by atoms with Crippen LogP contribution in [-0.2, 0) is 10.7 Å². The van der Waals surface area contributed by atoms with E-state index in [1.54, 1.807) is 19.2 Å². The number of aliphatic carboxylic acids is 1. The average Bonchev–Trinajstić information content (AvgIpc) is 3.31. The number of ether oxygens (including phenoxy) is 1. The minimum atomic E-state index is -0.950. The molecule has 0 saturated heterocycles. The summed E-state index contributed by atoms with van der Waals surface area (Å²) in [6, 6.07) is 21.4. The highest BCUT2D eigenvalue weighted by atomic mass is 35.5. The minimum absolute atomic E-state index is 0.0840. The highest BCUT2D eigenvalue weighted by Crippen LogP contribution is 2.39. The van der Waals surface area contributed by atoms with Crippen LogP contribution in [0.15, 0.2) is 66.7 Å². The largest absolute Gasteiger partial charge is 0.496 e. The number of carboxylic acid groups (broad SMARTS) is 1. The molecule has 0 radical (unpaired) electrons. The summed E-state index contributed by atoms with van der Waals surface area (Å²) in [5.41, 5.74) is 5.26. The molecule has 0 bridgehead atoms. The normalized spacial score (nSPS) is 12.0. The number of rotatable bonds is 11. The number of carbonyl (C=O) groups excluding carboxylic acids is 1. The van der Waals surface area contributed by atoms with Gasteiger partial charge in [-0.3, -0.25) is 14.3 Å². The molecule has 1 heterocycles. The van der Waals surface area contributed by atoms with Crippen LogP contribution >= 0.6 is 11.6 Å². The van der Waals surface area contributed by atoms with E-state index in [0.717, 1.165) is 45.5 Å². The highest BCUT2D eigenvalue weighted by Gasteiger charge is 2.24. The van der Waals surface area contributed by atoms with Gasteiger partial charge >= 0.3 is 5.97 Å². The molecule has 8 heteroatoms. The first-order chi connectivity index (χ1) is 18.3. The highest BCUT2D eigenvalue weighted by molar-refractivity contribution is 6.17. The van der Waals surface area contributed by atoms with Gasteiger partial charge in [0.1, 0.15) is 11.4 Å². The van der Waals surface area contributed by atoms with Crippen molar-refractivity contribution in [2.75, 3.05) is 13.7 Å². The molecule has 1 amide bonds. The molecule has 1 unspecified atom stereocenters. The number of carbonyl (C=O) groups is 2. The predicted molar refractivity (Wildman–Crippen MR) is 150 cm³/mol. The number of nitrogens with one attached hydrogen (secondary N) is 1. The Morgan fingerprint density at radius 2 is 1.82 bits per heavy atom. The molecule has 38 heavy (non-hydrogen) atoms. The van der Waals surface area contributed by atoms with Crippen LogP contribution < -0.4 is 10.1 Å². The van der Waals surface area contributed by atoms with E-state index in [0.29, 0.717) is 17.4 Å². The molecule has 4 aromatic rings. The van der Waals surface area contributed by atoms with Gasteiger partial charge in [-0.15, -0.1) is 11.6 Å². The van der Waals surface area contributed by atoms with Crippen molar-refractivity contribution in [3.8, 4) is 17.0 Å². The summed E-state index contributed by atoms with van der Waals surface area (Å²) < 4.78 is 7.81. The van der Waals surface area contributed by atoms with Crippen molar-refractivity contribution >= 4 is 34.4 Å². The van der Waals surface area contributed by atoms with Crippen molar-refractivity contribution in [1.82, 2.24) is 15.1 Å². The first-order valence-electron chi connectivity index (χ1n) is 12.6. The number of benzene rings is 3. The molecule has 1 atom stereocenters. The summed E-state index contributed by atoms with van der Waals surface area (Å²) in [6.45, 7) is 4.43. The third-order valence-corrected chi connectivity index (χ3v) is 6.75. The van der Waals surface area contributed by atoms with E-state index in [2.05, 4.69) is 36.0 Å². The number of fused-ring (bicyclic) bond motifs is 1. The van der Waals surface area contributed by atoms with Crippen molar-refractivity contribution in [3.05, 3.63) is 83.4 Å². The van der Waals surface area contributed by atoms with E-state index in [1.807, 2.05) is 42.5 Å². The fourth-order valence-corrected chi connectivity index (χ4v) is 4.80. The maximum absolute atomic E-state index is 12.5. The molecule has 0 aliphatic rings. The van der Waals surface area contributed by atoms with Gasteiger partial charge in [-0.25, -0.2) is 0 Å². The van der Waals surface area contributed by atoms with E-state index in [4.69, 9.17) is 26.5 Å². The van der Waals surface area contributed by atoms with Crippen molar-refractivity contribution in [1.29, 1.82) is 0 Å². The van der Waals surface area contributed by atoms with Crippen molar-refractivity contribution in [2.24, 2.45) is 5.92 Å². The lowest BCUT2D eigenvalue weighted by Crippen LogP contribution is -2.26. The number of methoxy groups -OCH3 is 1. The fourth-order valence-electron chi connectivity index (χ4n) is 4.64. The first-order valence-corrected chi connectivity index (χ1v) is 13.2. The summed E-state index contributed by atoms with van der Waals surface area (Å²) in [5, 5.41) is 17.5. The van der Waals surface area contributed by atoms with Gasteiger partial charge in [-0.1, -0.05) is 50.2 Å². The molecular weight excluding hydrogens is 502 g/mol. The smallest absolute Gasteiger partial charge is 0.305 e. The summed E-state index contributed by atoms with van der Waals surface area (Å²) >= 11 is 6.13. The molecule has 0 spiro atoms. The number of halogens is 1. The maximum Gasteiger partial charge on any atom is 0.305 e. The first kappa shape index (κ1) is 27.2. The van der Waals surface area contributed by atoms with Crippen LogP contribution in [0.25, 0.3) is 22.2 Å². The Morgan fingerprint density at radius 1 is 1.08 bits per heavy atom. The Morgan fingerprint density at radius 3 is 2.47 bits per heavy atom. The Labute approximate surface area is 227 Å².